The topological polar surface area (TPSA) is 49.4 Å². The van der Waals surface area contributed by atoms with Gasteiger partial charge in [0.2, 0.25) is 5.91 Å². The Bertz CT molecular complexity index is 867. The highest BCUT2D eigenvalue weighted by Gasteiger charge is 2.30. The number of nitrogens with one attached hydrogen (secondary N) is 1. The molecule has 1 atom stereocenters. The second kappa shape index (κ2) is 8.70. The number of piperidine rings is 1. The molecule has 148 valence electrons. The first kappa shape index (κ1) is 20.3. The summed E-state index contributed by atoms with van der Waals surface area (Å²) in [5.41, 5.74) is 5.03. The van der Waals surface area contributed by atoms with Crippen molar-refractivity contribution in [2.45, 2.75) is 46.6 Å². The van der Waals surface area contributed by atoms with E-state index >= 15 is 0 Å². The van der Waals surface area contributed by atoms with Crippen molar-refractivity contribution >= 4 is 17.4 Å². The van der Waals surface area contributed by atoms with Gasteiger partial charge in [0.25, 0.3) is 0 Å². The van der Waals surface area contributed by atoms with Gasteiger partial charge in [0.05, 0.1) is 6.04 Å². The minimum Gasteiger partial charge on any atom is -0.325 e. The fourth-order valence-corrected chi connectivity index (χ4v) is 3.99. The molecule has 0 spiro atoms. The Morgan fingerprint density at radius 1 is 1.00 bits per heavy atom. The van der Waals surface area contributed by atoms with E-state index in [0.717, 1.165) is 48.3 Å². The molecule has 1 amide bonds. The van der Waals surface area contributed by atoms with Crippen molar-refractivity contribution in [1.29, 1.82) is 0 Å². The van der Waals surface area contributed by atoms with Crippen LogP contribution in [0.25, 0.3) is 0 Å². The number of rotatable bonds is 5. The Labute approximate surface area is 167 Å². The largest absolute Gasteiger partial charge is 0.325 e. The molecule has 1 aliphatic rings. The molecule has 2 aromatic rings. The summed E-state index contributed by atoms with van der Waals surface area (Å²) in [5, 5.41) is 3.00. The van der Waals surface area contributed by atoms with Gasteiger partial charge in [0, 0.05) is 17.2 Å². The zero-order valence-corrected chi connectivity index (χ0v) is 17.3. The molecule has 0 bridgehead atoms. The third kappa shape index (κ3) is 4.68. The summed E-state index contributed by atoms with van der Waals surface area (Å²) in [5.74, 6) is 0.295. The number of anilines is 1. The van der Waals surface area contributed by atoms with E-state index in [-0.39, 0.29) is 23.7 Å². The number of hydrogen-bond donors (Lipinski definition) is 1. The number of ketones is 1. The van der Waals surface area contributed by atoms with Crippen LogP contribution in [0.1, 0.15) is 46.8 Å². The number of carbonyl (C=O) groups is 2. The molecule has 3 rings (SSSR count). The molecule has 1 fully saturated rings. The van der Waals surface area contributed by atoms with Gasteiger partial charge in [0.1, 0.15) is 0 Å². The maximum Gasteiger partial charge on any atom is 0.241 e. The summed E-state index contributed by atoms with van der Waals surface area (Å²) in [6, 6.07) is 13.7. The van der Waals surface area contributed by atoms with Crippen molar-refractivity contribution in [3.05, 3.63) is 64.7 Å². The molecular formula is C24H30N2O2. The molecule has 28 heavy (non-hydrogen) atoms. The lowest BCUT2D eigenvalue weighted by molar-refractivity contribution is -0.121. The van der Waals surface area contributed by atoms with E-state index in [1.807, 2.05) is 64.1 Å². The van der Waals surface area contributed by atoms with E-state index in [4.69, 9.17) is 0 Å². The van der Waals surface area contributed by atoms with Gasteiger partial charge >= 0.3 is 0 Å². The lowest BCUT2D eigenvalue weighted by Gasteiger charge is -2.35. The molecule has 4 nitrogen and oxygen atoms in total. The van der Waals surface area contributed by atoms with E-state index in [1.54, 1.807) is 0 Å². The molecule has 1 N–H and O–H groups in total. The first-order valence-corrected chi connectivity index (χ1v) is 10.1. The second-order valence-electron chi connectivity index (χ2n) is 8.03. The summed E-state index contributed by atoms with van der Waals surface area (Å²) in [6.45, 7) is 9.54. The van der Waals surface area contributed by atoms with Crippen molar-refractivity contribution in [2.24, 2.45) is 5.92 Å². The standard InChI is InChI=1S/C24H30N2O2/c1-16-6-5-7-21(15-16)25-24(28)19(4)26-12-10-20(11-13-26)23(27)22-9-8-17(2)14-18(22)3/h5-9,14-15,19-20H,10-13H2,1-4H3,(H,25,28)/t19-/m1/s1. The van der Waals surface area contributed by atoms with Crippen LogP contribution in [-0.2, 0) is 4.79 Å². The highest BCUT2D eigenvalue weighted by atomic mass is 16.2. The highest BCUT2D eigenvalue weighted by Crippen LogP contribution is 2.25. The van der Waals surface area contributed by atoms with Gasteiger partial charge < -0.3 is 5.32 Å². The van der Waals surface area contributed by atoms with Gasteiger partial charge in [-0.2, -0.15) is 0 Å². The normalized spacial score (nSPS) is 16.6. The lowest BCUT2D eigenvalue weighted by Crippen LogP contribution is -2.47. The molecule has 1 aliphatic heterocycles. The van der Waals surface area contributed by atoms with Crippen molar-refractivity contribution in [3.63, 3.8) is 0 Å². The van der Waals surface area contributed by atoms with Crippen LogP contribution in [0.2, 0.25) is 0 Å². The number of benzene rings is 2. The van der Waals surface area contributed by atoms with Gasteiger partial charge in [0.15, 0.2) is 5.78 Å². The summed E-state index contributed by atoms with van der Waals surface area (Å²) >= 11 is 0. The van der Waals surface area contributed by atoms with Crippen LogP contribution in [0.3, 0.4) is 0 Å². The minimum atomic E-state index is -0.210. The Morgan fingerprint density at radius 3 is 2.32 bits per heavy atom. The Morgan fingerprint density at radius 2 is 1.68 bits per heavy atom. The summed E-state index contributed by atoms with van der Waals surface area (Å²) in [4.78, 5) is 27.7. The van der Waals surface area contributed by atoms with Crippen molar-refractivity contribution in [2.75, 3.05) is 18.4 Å². The van der Waals surface area contributed by atoms with E-state index in [9.17, 15) is 9.59 Å². The van der Waals surface area contributed by atoms with Crippen LogP contribution >= 0.6 is 0 Å². The molecule has 0 radical (unpaired) electrons. The quantitative estimate of drug-likeness (QED) is 0.778. The predicted molar refractivity (Wildman–Crippen MR) is 114 cm³/mol. The number of likely N-dealkylation sites (tertiary alicyclic amines) is 1. The van der Waals surface area contributed by atoms with Gasteiger partial charge in [-0.15, -0.1) is 0 Å². The number of hydrogen-bond acceptors (Lipinski definition) is 3. The maximum atomic E-state index is 12.9. The fourth-order valence-electron chi connectivity index (χ4n) is 3.99. The number of Topliss-reactive ketones (excluding diaryl/α,β-unsaturated/α-hetero) is 1. The number of aryl methyl sites for hydroxylation is 3. The lowest BCUT2D eigenvalue weighted by atomic mass is 9.86. The van der Waals surface area contributed by atoms with E-state index in [2.05, 4.69) is 16.3 Å². The van der Waals surface area contributed by atoms with Crippen LogP contribution in [-0.4, -0.2) is 35.7 Å². The third-order valence-electron chi connectivity index (χ3n) is 5.76. The summed E-state index contributed by atoms with van der Waals surface area (Å²) < 4.78 is 0. The molecule has 1 saturated heterocycles. The summed E-state index contributed by atoms with van der Waals surface area (Å²) in [6.07, 6.45) is 1.60. The van der Waals surface area contributed by atoms with Gasteiger partial charge in [-0.25, -0.2) is 0 Å². The third-order valence-corrected chi connectivity index (χ3v) is 5.76. The minimum absolute atomic E-state index is 0.00440. The van der Waals surface area contributed by atoms with Crippen LogP contribution in [0, 0.1) is 26.7 Å². The Balaban J connectivity index is 1.56. The van der Waals surface area contributed by atoms with E-state index in [0.29, 0.717) is 0 Å². The van der Waals surface area contributed by atoms with Gasteiger partial charge in [-0.05, 0) is 76.9 Å². The molecule has 0 aromatic heterocycles. The van der Waals surface area contributed by atoms with Crippen LogP contribution < -0.4 is 5.32 Å². The van der Waals surface area contributed by atoms with Gasteiger partial charge in [-0.1, -0.05) is 35.9 Å². The van der Waals surface area contributed by atoms with Crippen LogP contribution in [0.5, 0.6) is 0 Å². The fraction of sp³-hybridized carbons (Fsp3) is 0.417. The number of nitrogens with zero attached hydrogens (tertiary/aromatic N) is 1. The average molecular weight is 379 g/mol. The van der Waals surface area contributed by atoms with E-state index in [1.165, 1.54) is 5.56 Å². The highest BCUT2D eigenvalue weighted by molar-refractivity contribution is 5.99. The predicted octanol–water partition coefficient (Wildman–Crippen LogP) is 4.53. The Hall–Kier alpha value is -2.46. The molecular weight excluding hydrogens is 348 g/mol. The first-order valence-electron chi connectivity index (χ1n) is 10.1. The average Bonchev–Trinajstić information content (AvgIpc) is 2.67. The monoisotopic (exact) mass is 378 g/mol. The molecule has 0 aliphatic carbocycles. The molecule has 4 heteroatoms. The van der Waals surface area contributed by atoms with Crippen molar-refractivity contribution in [1.82, 2.24) is 4.90 Å². The zero-order chi connectivity index (χ0) is 20.3. The van der Waals surface area contributed by atoms with Crippen LogP contribution in [0.4, 0.5) is 5.69 Å². The van der Waals surface area contributed by atoms with Crippen molar-refractivity contribution in [3.8, 4) is 0 Å². The number of amides is 1. The number of carbonyl (C=O) groups excluding carboxylic acids is 2. The maximum absolute atomic E-state index is 12.9. The molecule has 2 aromatic carbocycles. The van der Waals surface area contributed by atoms with Crippen molar-refractivity contribution < 1.29 is 9.59 Å². The molecule has 1 heterocycles. The molecule has 0 saturated carbocycles. The summed E-state index contributed by atoms with van der Waals surface area (Å²) in [7, 11) is 0. The second-order valence-corrected chi connectivity index (χ2v) is 8.03. The molecule has 0 unspecified atom stereocenters. The van der Waals surface area contributed by atoms with E-state index < -0.39 is 0 Å². The van der Waals surface area contributed by atoms with Crippen LogP contribution in [0.15, 0.2) is 42.5 Å². The first-order chi connectivity index (χ1) is 13.3. The Kier molecular flexibility index (Phi) is 6.30. The smallest absolute Gasteiger partial charge is 0.241 e. The SMILES string of the molecule is Cc1cccc(NC(=O)[C@@H](C)N2CCC(C(=O)c3ccc(C)cc3C)CC2)c1. The zero-order valence-electron chi connectivity index (χ0n) is 17.3. The van der Waals surface area contributed by atoms with Gasteiger partial charge in [-0.3, -0.25) is 14.5 Å².